The highest BCUT2D eigenvalue weighted by atomic mass is 16.7. The van der Waals surface area contributed by atoms with E-state index < -0.39 is 0 Å². The Hall–Kier alpha value is -3.52. The Bertz CT molecular complexity index is 1470. The third-order valence-corrected chi connectivity index (χ3v) is 6.99. The second-order valence-corrected chi connectivity index (χ2v) is 8.85. The molecule has 1 saturated heterocycles. The highest BCUT2D eigenvalue weighted by Crippen LogP contribution is 2.39. The van der Waals surface area contributed by atoms with Crippen LogP contribution in [-0.2, 0) is 6.54 Å². The number of hydrogen-bond donors (Lipinski definition) is 0. The molecule has 4 heterocycles. The number of ether oxygens (including phenoxy) is 4. The Kier molecular flexibility index (Phi) is 5.17. The van der Waals surface area contributed by atoms with Crippen LogP contribution < -0.4 is 24.5 Å². The molecule has 2 aromatic heterocycles. The minimum Gasteiger partial charge on any atom is -0.493 e. The van der Waals surface area contributed by atoms with Crippen molar-refractivity contribution in [3.8, 4) is 23.0 Å². The van der Waals surface area contributed by atoms with Crippen LogP contribution in [0.4, 0.5) is 0 Å². The summed E-state index contributed by atoms with van der Waals surface area (Å²) < 4.78 is 24.2. The fraction of sp³-hybridized carbons (Fsp3) is 0.385. The Labute approximate surface area is 196 Å². The third kappa shape index (κ3) is 3.32. The highest BCUT2D eigenvalue weighted by molar-refractivity contribution is 6.15. The Morgan fingerprint density at radius 3 is 2.38 bits per heavy atom. The number of rotatable bonds is 5. The monoisotopic (exact) mass is 461 g/mol. The summed E-state index contributed by atoms with van der Waals surface area (Å²) in [5.41, 5.74) is 1.48. The number of pyridine rings is 2. The van der Waals surface area contributed by atoms with Crippen molar-refractivity contribution in [1.29, 1.82) is 0 Å². The molecule has 0 aliphatic carbocycles. The van der Waals surface area contributed by atoms with Crippen LogP contribution in [0.25, 0.3) is 32.6 Å². The van der Waals surface area contributed by atoms with Crippen LogP contribution in [0.2, 0.25) is 0 Å². The molecular weight excluding hydrogens is 434 g/mol. The summed E-state index contributed by atoms with van der Waals surface area (Å²) in [6, 6.07) is 7.55. The van der Waals surface area contributed by atoms with E-state index in [0.29, 0.717) is 40.4 Å². The lowest BCUT2D eigenvalue weighted by Gasteiger charge is -2.27. The molecule has 0 unspecified atom stereocenters. The topological polar surface area (TPSA) is 75.1 Å². The van der Waals surface area contributed by atoms with Crippen LogP contribution in [0.5, 0.6) is 23.0 Å². The Morgan fingerprint density at radius 2 is 1.62 bits per heavy atom. The summed E-state index contributed by atoms with van der Waals surface area (Å²) in [7, 11) is 3.23. The average Bonchev–Trinajstić information content (AvgIpc) is 3.34. The van der Waals surface area contributed by atoms with Gasteiger partial charge in [0.25, 0.3) is 5.56 Å². The molecule has 0 N–H and O–H groups in total. The average molecular weight is 462 g/mol. The molecule has 34 heavy (non-hydrogen) atoms. The largest absolute Gasteiger partial charge is 0.493 e. The van der Waals surface area contributed by atoms with Gasteiger partial charge in [0.2, 0.25) is 6.79 Å². The van der Waals surface area contributed by atoms with Crippen molar-refractivity contribution in [2.24, 2.45) is 0 Å². The Morgan fingerprint density at radius 1 is 0.882 bits per heavy atom. The maximum atomic E-state index is 14.1. The summed E-state index contributed by atoms with van der Waals surface area (Å²) >= 11 is 0. The van der Waals surface area contributed by atoms with Gasteiger partial charge >= 0.3 is 0 Å². The second kappa shape index (κ2) is 8.36. The van der Waals surface area contributed by atoms with Crippen LogP contribution in [0.15, 0.2) is 35.3 Å². The molecule has 8 heteroatoms. The summed E-state index contributed by atoms with van der Waals surface area (Å²) in [5.74, 6) is 2.49. The van der Waals surface area contributed by atoms with Crippen LogP contribution in [-0.4, -0.2) is 55.1 Å². The van der Waals surface area contributed by atoms with E-state index >= 15 is 0 Å². The van der Waals surface area contributed by atoms with E-state index in [2.05, 4.69) is 9.88 Å². The SMILES string of the molecule is COc1cc2c3cnc4cc5c(cc4c3c(=O)n(CCN3CCCCC3)c2cc1OC)OCO5. The molecule has 0 amide bonds. The maximum absolute atomic E-state index is 14.1. The zero-order valence-corrected chi connectivity index (χ0v) is 19.4. The second-order valence-electron chi connectivity index (χ2n) is 8.85. The van der Waals surface area contributed by atoms with Gasteiger partial charge in [-0.2, -0.15) is 0 Å². The van der Waals surface area contributed by atoms with Crippen molar-refractivity contribution in [3.05, 3.63) is 40.8 Å². The van der Waals surface area contributed by atoms with Crippen molar-refractivity contribution in [3.63, 3.8) is 0 Å². The van der Waals surface area contributed by atoms with Crippen LogP contribution in [0, 0.1) is 0 Å². The van der Waals surface area contributed by atoms with Crippen LogP contribution >= 0.6 is 0 Å². The molecule has 0 saturated carbocycles. The molecular formula is C26H27N3O5. The summed E-state index contributed by atoms with van der Waals surface area (Å²) in [6.45, 7) is 3.74. The summed E-state index contributed by atoms with van der Waals surface area (Å²) in [4.78, 5) is 21.2. The van der Waals surface area contributed by atoms with Gasteiger partial charge in [0.15, 0.2) is 23.0 Å². The van der Waals surface area contributed by atoms with Gasteiger partial charge in [-0.15, -0.1) is 0 Å². The van der Waals surface area contributed by atoms with Crippen molar-refractivity contribution < 1.29 is 18.9 Å². The molecule has 8 nitrogen and oxygen atoms in total. The van der Waals surface area contributed by atoms with E-state index in [0.717, 1.165) is 41.3 Å². The first-order valence-electron chi connectivity index (χ1n) is 11.7. The fourth-order valence-electron chi connectivity index (χ4n) is 5.21. The molecule has 0 bridgehead atoms. The van der Waals surface area contributed by atoms with E-state index in [4.69, 9.17) is 18.9 Å². The molecule has 0 spiro atoms. The predicted octanol–water partition coefficient (Wildman–Crippen LogP) is 3.93. The number of methoxy groups -OCH3 is 2. The van der Waals surface area contributed by atoms with E-state index in [1.54, 1.807) is 20.4 Å². The fourth-order valence-corrected chi connectivity index (χ4v) is 5.21. The molecule has 2 aromatic carbocycles. The maximum Gasteiger partial charge on any atom is 0.259 e. The number of benzene rings is 2. The van der Waals surface area contributed by atoms with Crippen molar-refractivity contribution in [2.75, 3.05) is 40.6 Å². The lowest BCUT2D eigenvalue weighted by atomic mass is 10.0. The number of likely N-dealkylation sites (tertiary alicyclic amines) is 1. The van der Waals surface area contributed by atoms with E-state index in [1.807, 2.05) is 28.8 Å². The number of piperidine rings is 1. The highest BCUT2D eigenvalue weighted by Gasteiger charge is 2.21. The summed E-state index contributed by atoms with van der Waals surface area (Å²) in [5, 5.41) is 3.07. The molecule has 0 radical (unpaired) electrons. The number of nitrogens with zero attached hydrogens (tertiary/aromatic N) is 3. The molecule has 6 rings (SSSR count). The third-order valence-electron chi connectivity index (χ3n) is 6.99. The zero-order valence-electron chi connectivity index (χ0n) is 19.4. The van der Waals surface area contributed by atoms with E-state index in [-0.39, 0.29) is 12.4 Å². The van der Waals surface area contributed by atoms with Gasteiger partial charge in [0.1, 0.15) is 0 Å². The van der Waals surface area contributed by atoms with Crippen molar-refractivity contribution in [1.82, 2.24) is 14.5 Å². The molecule has 2 aliphatic heterocycles. The first-order valence-corrected chi connectivity index (χ1v) is 11.7. The first-order chi connectivity index (χ1) is 16.7. The molecule has 4 aromatic rings. The molecule has 0 atom stereocenters. The van der Waals surface area contributed by atoms with Crippen LogP contribution in [0.3, 0.4) is 0 Å². The van der Waals surface area contributed by atoms with Crippen LogP contribution in [0.1, 0.15) is 19.3 Å². The van der Waals surface area contributed by atoms with Gasteiger partial charge < -0.3 is 28.4 Å². The predicted molar refractivity (Wildman–Crippen MR) is 131 cm³/mol. The minimum absolute atomic E-state index is 0.0435. The quantitative estimate of drug-likeness (QED) is 0.417. The molecule has 2 aliphatic rings. The lowest BCUT2D eigenvalue weighted by molar-refractivity contribution is 0.174. The number of fused-ring (bicyclic) bond motifs is 6. The normalized spacial score (nSPS) is 15.9. The first kappa shape index (κ1) is 21.0. The van der Waals surface area contributed by atoms with Gasteiger partial charge in [-0.3, -0.25) is 9.78 Å². The van der Waals surface area contributed by atoms with Gasteiger partial charge in [-0.25, -0.2) is 0 Å². The number of aromatic nitrogens is 2. The van der Waals surface area contributed by atoms with Gasteiger partial charge in [-0.05, 0) is 38.1 Å². The smallest absolute Gasteiger partial charge is 0.259 e. The molecule has 176 valence electrons. The lowest BCUT2D eigenvalue weighted by Crippen LogP contribution is -2.35. The minimum atomic E-state index is -0.0435. The zero-order chi connectivity index (χ0) is 23.2. The van der Waals surface area contributed by atoms with Gasteiger partial charge in [0, 0.05) is 47.6 Å². The van der Waals surface area contributed by atoms with Gasteiger partial charge in [-0.1, -0.05) is 6.42 Å². The Balaban J connectivity index is 1.63. The van der Waals surface area contributed by atoms with Crippen molar-refractivity contribution in [2.45, 2.75) is 25.8 Å². The van der Waals surface area contributed by atoms with Crippen molar-refractivity contribution >= 4 is 32.6 Å². The molecule has 1 fully saturated rings. The summed E-state index contributed by atoms with van der Waals surface area (Å²) in [6.07, 6.45) is 5.47. The standard InChI is InChI=1S/C26H27N3O5/c1-31-21-10-16-18-14-27-19-12-24-23(33-15-34-24)11-17(19)25(18)26(30)29(20(16)13-22(21)32-2)9-8-28-6-4-3-5-7-28/h10-14H,3-9,15H2,1-2H3. The number of hydrogen-bond acceptors (Lipinski definition) is 7. The van der Waals surface area contributed by atoms with E-state index in [1.165, 1.54) is 19.3 Å². The van der Waals surface area contributed by atoms with Gasteiger partial charge in [0.05, 0.1) is 30.6 Å². The van der Waals surface area contributed by atoms with E-state index in [9.17, 15) is 4.79 Å².